The highest BCUT2D eigenvalue weighted by Gasteiger charge is 2.12. The molecule has 1 heterocycles. The first kappa shape index (κ1) is 19.0. The molecule has 0 saturated carbocycles. The monoisotopic (exact) mass is 419 g/mol. The Bertz CT molecular complexity index is 476. The second-order valence-electron chi connectivity index (χ2n) is 5.53. The fourth-order valence-corrected chi connectivity index (χ4v) is 2.37. The number of nitrogens with two attached hydrogens (primary N) is 1. The quantitative estimate of drug-likeness (QED) is 0.436. The Kier molecular flexibility index (Phi) is 8.55. The summed E-state index contributed by atoms with van der Waals surface area (Å²) in [5, 5.41) is 9.92. The van der Waals surface area contributed by atoms with E-state index < -0.39 is 6.10 Å². The van der Waals surface area contributed by atoms with Gasteiger partial charge in [0.2, 0.25) is 0 Å². The van der Waals surface area contributed by atoms with Gasteiger partial charge in [-0.15, -0.1) is 24.0 Å². The van der Waals surface area contributed by atoms with Crippen LogP contribution in [0.3, 0.4) is 0 Å². The molecule has 0 spiro atoms. The third-order valence-corrected chi connectivity index (χ3v) is 3.58. The second kappa shape index (κ2) is 9.89. The minimum Gasteiger partial charge on any atom is -0.491 e. The lowest BCUT2D eigenvalue weighted by Gasteiger charge is -2.27. The number of piperidine rings is 1. The molecule has 1 atom stereocenters. The highest BCUT2D eigenvalue weighted by Crippen LogP contribution is 2.12. The number of likely N-dealkylation sites (tertiary alicyclic amines) is 1. The molecule has 1 unspecified atom stereocenters. The van der Waals surface area contributed by atoms with Crippen LogP contribution < -0.4 is 10.5 Å². The second-order valence-corrected chi connectivity index (χ2v) is 5.53. The molecule has 1 saturated heterocycles. The van der Waals surface area contributed by atoms with Crippen LogP contribution in [0.1, 0.15) is 24.8 Å². The molecule has 5 nitrogen and oxygen atoms in total. The van der Waals surface area contributed by atoms with E-state index in [1.54, 1.807) is 0 Å². The number of aliphatic hydroxyl groups excluding tert-OH is 1. The van der Waals surface area contributed by atoms with Crippen molar-refractivity contribution in [2.75, 3.05) is 26.2 Å². The van der Waals surface area contributed by atoms with Gasteiger partial charge in [-0.25, -0.2) is 0 Å². The third kappa shape index (κ3) is 6.39. The molecule has 1 aliphatic rings. The van der Waals surface area contributed by atoms with E-state index in [0.717, 1.165) is 37.2 Å². The topological polar surface area (TPSA) is 71.1 Å². The van der Waals surface area contributed by atoms with Crippen molar-refractivity contribution in [2.24, 2.45) is 10.7 Å². The molecule has 6 heteroatoms. The highest BCUT2D eigenvalue weighted by atomic mass is 127. The summed E-state index contributed by atoms with van der Waals surface area (Å²) in [6.07, 6.45) is 2.94. The number of aryl methyl sites for hydroxylation is 1. The molecular weight excluding hydrogens is 393 g/mol. The fourth-order valence-electron chi connectivity index (χ4n) is 2.37. The van der Waals surface area contributed by atoms with Gasteiger partial charge in [-0.05, 0) is 43.9 Å². The first-order valence-corrected chi connectivity index (χ1v) is 7.57. The average Bonchev–Trinajstić information content (AvgIpc) is 2.51. The van der Waals surface area contributed by atoms with Crippen molar-refractivity contribution in [3.05, 3.63) is 29.8 Å². The number of aliphatic hydroxyl groups is 1. The summed E-state index contributed by atoms with van der Waals surface area (Å²) in [6, 6.07) is 7.76. The van der Waals surface area contributed by atoms with Crippen LogP contribution in [0.25, 0.3) is 0 Å². The van der Waals surface area contributed by atoms with Gasteiger partial charge in [0.25, 0.3) is 0 Å². The molecule has 3 N–H and O–H groups in total. The maximum Gasteiger partial charge on any atom is 0.191 e. The molecule has 0 bridgehead atoms. The van der Waals surface area contributed by atoms with Gasteiger partial charge in [0.05, 0.1) is 6.54 Å². The Labute approximate surface area is 149 Å². The zero-order valence-electron chi connectivity index (χ0n) is 13.1. The van der Waals surface area contributed by atoms with Crippen LogP contribution in [0.5, 0.6) is 5.75 Å². The van der Waals surface area contributed by atoms with Crippen molar-refractivity contribution in [3.63, 3.8) is 0 Å². The maximum absolute atomic E-state index is 9.92. The lowest BCUT2D eigenvalue weighted by Crippen LogP contribution is -2.41. The first-order valence-electron chi connectivity index (χ1n) is 7.57. The van der Waals surface area contributed by atoms with Gasteiger partial charge < -0.3 is 20.5 Å². The Hall–Kier alpha value is -1.02. The van der Waals surface area contributed by atoms with Crippen molar-refractivity contribution in [2.45, 2.75) is 32.3 Å². The zero-order chi connectivity index (χ0) is 15.1. The Morgan fingerprint density at radius 3 is 2.77 bits per heavy atom. The van der Waals surface area contributed by atoms with E-state index in [9.17, 15) is 5.11 Å². The van der Waals surface area contributed by atoms with Crippen LogP contribution in [0.4, 0.5) is 0 Å². The van der Waals surface area contributed by atoms with Gasteiger partial charge in [-0.3, -0.25) is 4.99 Å². The number of rotatable bonds is 5. The number of hydrogen-bond acceptors (Lipinski definition) is 3. The van der Waals surface area contributed by atoms with Crippen LogP contribution in [0.15, 0.2) is 29.3 Å². The highest BCUT2D eigenvalue weighted by molar-refractivity contribution is 14.0. The Morgan fingerprint density at radius 1 is 1.36 bits per heavy atom. The number of guanidine groups is 1. The molecular formula is C16H26IN3O2. The van der Waals surface area contributed by atoms with Gasteiger partial charge in [0, 0.05) is 13.1 Å². The molecule has 2 rings (SSSR count). The van der Waals surface area contributed by atoms with Crippen molar-refractivity contribution in [1.29, 1.82) is 0 Å². The van der Waals surface area contributed by atoms with E-state index >= 15 is 0 Å². The molecule has 1 fully saturated rings. The van der Waals surface area contributed by atoms with Crippen LogP contribution >= 0.6 is 24.0 Å². The van der Waals surface area contributed by atoms with Crippen molar-refractivity contribution < 1.29 is 9.84 Å². The molecule has 124 valence electrons. The van der Waals surface area contributed by atoms with Crippen LogP contribution in [0, 0.1) is 6.92 Å². The van der Waals surface area contributed by atoms with E-state index in [2.05, 4.69) is 9.89 Å². The Balaban J connectivity index is 0.00000242. The molecule has 22 heavy (non-hydrogen) atoms. The molecule has 1 aliphatic heterocycles. The van der Waals surface area contributed by atoms with Gasteiger partial charge >= 0.3 is 0 Å². The van der Waals surface area contributed by atoms with Crippen molar-refractivity contribution in [3.8, 4) is 5.75 Å². The summed E-state index contributed by atoms with van der Waals surface area (Å²) in [6.45, 7) is 4.43. The summed E-state index contributed by atoms with van der Waals surface area (Å²) in [4.78, 5) is 6.35. The van der Waals surface area contributed by atoms with E-state index in [1.165, 1.54) is 6.42 Å². The first-order chi connectivity index (χ1) is 10.1. The molecule has 1 aromatic carbocycles. The van der Waals surface area contributed by atoms with Crippen LogP contribution in [-0.2, 0) is 0 Å². The molecule has 0 aromatic heterocycles. The standard InChI is InChI=1S/C16H25N3O2.HI/c1-13-6-5-7-15(10-13)21-12-14(20)11-18-16(17)19-8-3-2-4-9-19;/h5-7,10,14,20H,2-4,8-9,11-12H2,1H3,(H2,17,18);1H. The normalized spacial score (nSPS) is 16.8. The zero-order valence-corrected chi connectivity index (χ0v) is 15.4. The van der Waals surface area contributed by atoms with Crippen molar-refractivity contribution >= 4 is 29.9 Å². The Morgan fingerprint density at radius 2 is 2.09 bits per heavy atom. The summed E-state index contributed by atoms with van der Waals surface area (Å²) < 4.78 is 5.55. The lowest BCUT2D eigenvalue weighted by atomic mass is 10.1. The summed E-state index contributed by atoms with van der Waals surface area (Å²) in [5.74, 6) is 1.30. The van der Waals surface area contributed by atoms with Crippen molar-refractivity contribution in [1.82, 2.24) is 4.90 Å². The number of halogens is 1. The van der Waals surface area contributed by atoms with E-state index in [1.807, 2.05) is 31.2 Å². The number of hydrogen-bond donors (Lipinski definition) is 2. The van der Waals surface area contributed by atoms with E-state index in [-0.39, 0.29) is 37.1 Å². The van der Waals surface area contributed by atoms with Gasteiger partial charge in [-0.1, -0.05) is 12.1 Å². The summed E-state index contributed by atoms with van der Waals surface area (Å²) in [7, 11) is 0. The molecule has 0 amide bonds. The predicted molar refractivity (Wildman–Crippen MR) is 100 cm³/mol. The van der Waals surface area contributed by atoms with E-state index in [0.29, 0.717) is 5.96 Å². The predicted octanol–water partition coefficient (Wildman–Crippen LogP) is 2.15. The lowest BCUT2D eigenvalue weighted by molar-refractivity contribution is 0.114. The molecule has 0 radical (unpaired) electrons. The summed E-state index contributed by atoms with van der Waals surface area (Å²) in [5.41, 5.74) is 7.08. The smallest absolute Gasteiger partial charge is 0.191 e. The summed E-state index contributed by atoms with van der Waals surface area (Å²) >= 11 is 0. The minimum absolute atomic E-state index is 0. The molecule has 0 aliphatic carbocycles. The van der Waals surface area contributed by atoms with Crippen LogP contribution in [0.2, 0.25) is 0 Å². The van der Waals surface area contributed by atoms with Gasteiger partial charge in [0.15, 0.2) is 5.96 Å². The SMILES string of the molecule is Cc1cccc(OCC(O)CN=C(N)N2CCCCC2)c1.I. The molecule has 1 aromatic rings. The number of nitrogens with zero attached hydrogens (tertiary/aromatic N) is 2. The van der Waals surface area contributed by atoms with Gasteiger partial charge in [0.1, 0.15) is 18.5 Å². The van der Waals surface area contributed by atoms with Crippen LogP contribution in [-0.4, -0.2) is 48.3 Å². The number of benzene rings is 1. The fraction of sp³-hybridized carbons (Fsp3) is 0.562. The maximum atomic E-state index is 9.92. The van der Waals surface area contributed by atoms with E-state index in [4.69, 9.17) is 10.5 Å². The average molecular weight is 419 g/mol. The van der Waals surface area contributed by atoms with Gasteiger partial charge in [-0.2, -0.15) is 0 Å². The minimum atomic E-state index is -0.645. The largest absolute Gasteiger partial charge is 0.491 e. The number of aliphatic imine (C=N–C) groups is 1. The number of ether oxygens (including phenoxy) is 1. The third-order valence-electron chi connectivity index (χ3n) is 3.58.